The van der Waals surface area contributed by atoms with Crippen LogP contribution in [0, 0.1) is 6.07 Å². The maximum Gasteiger partial charge on any atom is 0.411 e. The standard InChI is InChI=1S/C12H14NO2/c1-10(2)8-9-15-12(14)13-11-6-4-3-5-7-11/h3-4,6-8H,9H2,1-2H3,(H,13,14). The predicted octanol–water partition coefficient (Wildman–Crippen LogP) is 3.00. The van der Waals surface area contributed by atoms with Gasteiger partial charge in [-0.15, -0.1) is 0 Å². The molecular weight excluding hydrogens is 190 g/mol. The van der Waals surface area contributed by atoms with Crippen molar-refractivity contribution in [3.63, 3.8) is 0 Å². The summed E-state index contributed by atoms with van der Waals surface area (Å²) in [5.41, 5.74) is 1.80. The molecule has 0 aromatic heterocycles. The third kappa shape index (κ3) is 4.86. The molecule has 1 aromatic carbocycles. The topological polar surface area (TPSA) is 38.3 Å². The van der Waals surface area contributed by atoms with E-state index in [0.29, 0.717) is 12.3 Å². The Hall–Kier alpha value is -1.77. The summed E-state index contributed by atoms with van der Waals surface area (Å²) in [7, 11) is 0. The number of hydrogen-bond donors (Lipinski definition) is 1. The lowest BCUT2D eigenvalue weighted by atomic mass is 10.3. The summed E-state index contributed by atoms with van der Waals surface area (Å²) in [4.78, 5) is 11.2. The molecule has 1 amide bonds. The fourth-order valence-corrected chi connectivity index (χ4v) is 0.909. The lowest BCUT2D eigenvalue weighted by Crippen LogP contribution is -2.13. The van der Waals surface area contributed by atoms with Gasteiger partial charge in [-0.3, -0.25) is 5.32 Å². The Balaban J connectivity index is 2.34. The largest absolute Gasteiger partial charge is 0.445 e. The van der Waals surface area contributed by atoms with Crippen LogP contribution >= 0.6 is 0 Å². The summed E-state index contributed by atoms with van der Waals surface area (Å²) in [6.45, 7) is 4.20. The SMILES string of the molecule is CC(C)=CCOC(=O)Nc1c[c]ccc1. The van der Waals surface area contributed by atoms with Crippen LogP contribution in [0.3, 0.4) is 0 Å². The normalized spacial score (nSPS) is 9.20. The first-order valence-electron chi connectivity index (χ1n) is 4.72. The van der Waals surface area contributed by atoms with Gasteiger partial charge in [0.05, 0.1) is 0 Å². The molecule has 1 rings (SSSR count). The van der Waals surface area contributed by atoms with E-state index in [9.17, 15) is 4.79 Å². The molecular formula is C12H14NO2. The molecule has 0 saturated carbocycles. The number of amides is 1. The maximum absolute atomic E-state index is 11.2. The smallest absolute Gasteiger partial charge is 0.411 e. The van der Waals surface area contributed by atoms with Gasteiger partial charge < -0.3 is 4.74 Å². The summed E-state index contributed by atoms with van der Waals surface area (Å²) < 4.78 is 4.92. The second-order valence-electron chi connectivity index (χ2n) is 3.30. The van der Waals surface area contributed by atoms with E-state index in [1.165, 1.54) is 0 Å². The number of carbonyl (C=O) groups excluding carboxylic acids is 1. The van der Waals surface area contributed by atoms with Crippen molar-refractivity contribution in [1.29, 1.82) is 0 Å². The van der Waals surface area contributed by atoms with E-state index < -0.39 is 6.09 Å². The lowest BCUT2D eigenvalue weighted by molar-refractivity contribution is 0.174. The fourth-order valence-electron chi connectivity index (χ4n) is 0.909. The van der Waals surface area contributed by atoms with E-state index in [1.54, 1.807) is 24.3 Å². The van der Waals surface area contributed by atoms with Gasteiger partial charge in [-0.2, -0.15) is 0 Å². The summed E-state index contributed by atoms with van der Waals surface area (Å²) in [5.74, 6) is 0. The van der Waals surface area contributed by atoms with E-state index in [0.717, 1.165) is 5.57 Å². The van der Waals surface area contributed by atoms with Crippen molar-refractivity contribution in [2.24, 2.45) is 0 Å². The van der Waals surface area contributed by atoms with Crippen LogP contribution in [0.5, 0.6) is 0 Å². The maximum atomic E-state index is 11.2. The predicted molar refractivity (Wildman–Crippen MR) is 59.7 cm³/mol. The molecule has 0 spiro atoms. The van der Waals surface area contributed by atoms with E-state index in [2.05, 4.69) is 11.4 Å². The zero-order chi connectivity index (χ0) is 11.1. The molecule has 15 heavy (non-hydrogen) atoms. The van der Waals surface area contributed by atoms with Crippen LogP contribution in [0.15, 0.2) is 35.9 Å². The van der Waals surface area contributed by atoms with Crippen LogP contribution in [0.25, 0.3) is 0 Å². The molecule has 0 bridgehead atoms. The average Bonchev–Trinajstić information content (AvgIpc) is 2.18. The minimum atomic E-state index is -0.452. The zero-order valence-electron chi connectivity index (χ0n) is 8.91. The molecule has 0 heterocycles. The van der Waals surface area contributed by atoms with Gasteiger partial charge >= 0.3 is 6.09 Å². The first-order valence-corrected chi connectivity index (χ1v) is 4.72. The lowest BCUT2D eigenvalue weighted by Gasteiger charge is -2.04. The Labute approximate surface area is 89.8 Å². The van der Waals surface area contributed by atoms with Gasteiger partial charge in [0.2, 0.25) is 0 Å². The van der Waals surface area contributed by atoms with Gasteiger partial charge in [-0.1, -0.05) is 17.7 Å². The van der Waals surface area contributed by atoms with Crippen LogP contribution in [0.4, 0.5) is 10.5 Å². The van der Waals surface area contributed by atoms with Crippen LogP contribution in [0.2, 0.25) is 0 Å². The van der Waals surface area contributed by atoms with Crippen LogP contribution < -0.4 is 5.32 Å². The number of rotatable bonds is 3. The van der Waals surface area contributed by atoms with Crippen LogP contribution in [0.1, 0.15) is 13.8 Å². The van der Waals surface area contributed by atoms with Gasteiger partial charge in [-0.25, -0.2) is 4.79 Å². The highest BCUT2D eigenvalue weighted by Crippen LogP contribution is 2.04. The summed E-state index contributed by atoms with van der Waals surface area (Å²) >= 11 is 0. The Morgan fingerprint density at radius 1 is 1.60 bits per heavy atom. The highest BCUT2D eigenvalue weighted by Gasteiger charge is 2.00. The Morgan fingerprint density at radius 2 is 2.40 bits per heavy atom. The summed E-state index contributed by atoms with van der Waals surface area (Å²) in [6.07, 6.45) is 1.39. The third-order valence-electron chi connectivity index (χ3n) is 1.66. The van der Waals surface area contributed by atoms with Gasteiger partial charge in [0.15, 0.2) is 0 Å². The van der Waals surface area contributed by atoms with Crippen molar-refractivity contribution in [3.8, 4) is 0 Å². The molecule has 0 saturated heterocycles. The summed E-state index contributed by atoms with van der Waals surface area (Å²) in [5, 5.41) is 2.59. The van der Waals surface area contributed by atoms with Gasteiger partial charge in [0, 0.05) is 5.69 Å². The van der Waals surface area contributed by atoms with Gasteiger partial charge in [0.1, 0.15) is 6.61 Å². The number of ether oxygens (including phenoxy) is 1. The molecule has 3 heteroatoms. The highest BCUT2D eigenvalue weighted by molar-refractivity contribution is 5.84. The van der Waals surface area contributed by atoms with Crippen LogP contribution in [-0.4, -0.2) is 12.7 Å². The minimum absolute atomic E-state index is 0.296. The molecule has 0 aliphatic carbocycles. The van der Waals surface area contributed by atoms with Crippen molar-refractivity contribution in [2.75, 3.05) is 11.9 Å². The third-order valence-corrected chi connectivity index (χ3v) is 1.66. The second-order valence-corrected chi connectivity index (χ2v) is 3.30. The first-order chi connectivity index (χ1) is 7.18. The molecule has 79 valence electrons. The molecule has 1 radical (unpaired) electrons. The number of carbonyl (C=O) groups is 1. The molecule has 1 aromatic rings. The number of nitrogens with one attached hydrogen (secondary N) is 1. The van der Waals surface area contributed by atoms with E-state index in [1.807, 2.05) is 19.9 Å². The number of hydrogen-bond acceptors (Lipinski definition) is 2. The Morgan fingerprint density at radius 3 is 3.00 bits per heavy atom. The molecule has 0 aliphatic heterocycles. The molecule has 0 unspecified atom stereocenters. The molecule has 0 aliphatic rings. The minimum Gasteiger partial charge on any atom is -0.445 e. The zero-order valence-corrected chi connectivity index (χ0v) is 8.91. The number of benzene rings is 1. The van der Waals surface area contributed by atoms with Gasteiger partial charge in [-0.05, 0) is 38.1 Å². The van der Waals surface area contributed by atoms with E-state index in [4.69, 9.17) is 4.74 Å². The average molecular weight is 204 g/mol. The first kappa shape index (κ1) is 11.3. The van der Waals surface area contributed by atoms with Crippen LogP contribution in [-0.2, 0) is 4.74 Å². The monoisotopic (exact) mass is 204 g/mol. The van der Waals surface area contributed by atoms with Gasteiger partial charge in [0.25, 0.3) is 0 Å². The molecule has 0 atom stereocenters. The van der Waals surface area contributed by atoms with Crippen molar-refractivity contribution >= 4 is 11.8 Å². The fraction of sp³-hybridized carbons (Fsp3) is 0.250. The molecule has 0 fully saturated rings. The van der Waals surface area contributed by atoms with Crippen molar-refractivity contribution in [3.05, 3.63) is 42.0 Å². The molecule has 1 N–H and O–H groups in total. The number of allylic oxidation sites excluding steroid dienone is 1. The van der Waals surface area contributed by atoms with E-state index in [-0.39, 0.29) is 0 Å². The quantitative estimate of drug-likeness (QED) is 0.768. The Kier molecular flexibility index (Phi) is 4.41. The summed E-state index contributed by atoms with van der Waals surface area (Å²) in [6, 6.07) is 9.88. The second kappa shape index (κ2) is 5.86. The highest BCUT2D eigenvalue weighted by atomic mass is 16.5. The Bertz CT molecular complexity index is 340. The van der Waals surface area contributed by atoms with E-state index >= 15 is 0 Å². The van der Waals surface area contributed by atoms with Crippen molar-refractivity contribution < 1.29 is 9.53 Å². The number of anilines is 1. The van der Waals surface area contributed by atoms with Crippen molar-refractivity contribution in [2.45, 2.75) is 13.8 Å². The molecule has 3 nitrogen and oxygen atoms in total. The van der Waals surface area contributed by atoms with Crippen molar-refractivity contribution in [1.82, 2.24) is 0 Å².